The van der Waals surface area contributed by atoms with E-state index in [4.69, 9.17) is 0 Å². The number of ketones is 1. The predicted octanol–water partition coefficient (Wildman–Crippen LogP) is 6.14. The van der Waals surface area contributed by atoms with Gasteiger partial charge in [0.15, 0.2) is 5.78 Å². The third-order valence-electron chi connectivity index (χ3n) is 4.17. The van der Waals surface area contributed by atoms with Gasteiger partial charge >= 0.3 is 0 Å². The van der Waals surface area contributed by atoms with Crippen LogP contribution in [0, 0.1) is 13.8 Å². The van der Waals surface area contributed by atoms with Gasteiger partial charge in [-0.15, -0.1) is 0 Å². The molecule has 0 unspecified atom stereocenters. The number of Topliss-reactive ketones (excluding diaryl/α,β-unsaturated/α-hetero) is 1. The number of anilines is 1. The number of rotatable bonds is 9. The van der Waals surface area contributed by atoms with Crippen molar-refractivity contribution in [1.82, 2.24) is 0 Å². The van der Waals surface area contributed by atoms with Crippen LogP contribution in [-0.4, -0.2) is 18.5 Å². The molecule has 0 aromatic heterocycles. The number of hydrogen-bond acceptors (Lipinski definition) is 3. The largest absolute Gasteiger partial charge is 0.355 e. The molecule has 0 aliphatic rings. The molecule has 0 saturated carbocycles. The fourth-order valence-corrected chi connectivity index (χ4v) is 2.70. The summed E-state index contributed by atoms with van der Waals surface area (Å²) in [6.07, 6.45) is 9.63. The van der Waals surface area contributed by atoms with E-state index in [0.717, 1.165) is 22.4 Å². The van der Waals surface area contributed by atoms with Crippen LogP contribution >= 0.6 is 0 Å². The molecule has 1 aromatic rings. The SMILES string of the molecule is C=C/C=C(\C=C/C)C(/C=C(/C(=C)Nc1c(C)cccc1C)C(=O)CC)=NC.[HH]. The van der Waals surface area contributed by atoms with Crippen molar-refractivity contribution in [2.75, 3.05) is 12.4 Å². The lowest BCUT2D eigenvalue weighted by Gasteiger charge is -2.17. The van der Waals surface area contributed by atoms with Gasteiger partial charge in [0.25, 0.3) is 0 Å². The number of aryl methyl sites for hydroxylation is 2. The van der Waals surface area contributed by atoms with E-state index in [1.165, 1.54) is 0 Å². The molecule has 0 radical (unpaired) electrons. The summed E-state index contributed by atoms with van der Waals surface area (Å²) in [5, 5.41) is 3.33. The molecule has 144 valence electrons. The molecule has 27 heavy (non-hydrogen) atoms. The van der Waals surface area contributed by atoms with Crippen molar-refractivity contribution in [3.63, 3.8) is 0 Å². The van der Waals surface area contributed by atoms with Crippen molar-refractivity contribution in [3.05, 3.63) is 89.7 Å². The third kappa shape index (κ3) is 6.07. The predicted molar refractivity (Wildman–Crippen MR) is 121 cm³/mol. The Hall–Kier alpha value is -2.94. The minimum atomic E-state index is 0. The highest BCUT2D eigenvalue weighted by Gasteiger charge is 2.15. The van der Waals surface area contributed by atoms with Crippen LogP contribution in [0.3, 0.4) is 0 Å². The van der Waals surface area contributed by atoms with Gasteiger partial charge in [-0.2, -0.15) is 0 Å². The van der Waals surface area contributed by atoms with Crippen molar-refractivity contribution >= 4 is 17.2 Å². The van der Waals surface area contributed by atoms with Crippen LogP contribution in [0.2, 0.25) is 0 Å². The Kier molecular flexibility index (Phi) is 8.94. The maximum atomic E-state index is 12.6. The van der Waals surface area contributed by atoms with E-state index >= 15 is 0 Å². The monoisotopic (exact) mass is 364 g/mol. The third-order valence-corrected chi connectivity index (χ3v) is 4.17. The number of nitrogens with one attached hydrogen (secondary N) is 1. The summed E-state index contributed by atoms with van der Waals surface area (Å²) in [5.41, 5.74) is 5.86. The molecule has 1 N–H and O–H groups in total. The number of hydrogen-bond donors (Lipinski definition) is 1. The number of allylic oxidation sites excluding steroid dienone is 7. The first-order valence-corrected chi connectivity index (χ1v) is 9.09. The van der Waals surface area contributed by atoms with E-state index in [0.29, 0.717) is 23.4 Å². The molecule has 1 aromatic carbocycles. The first kappa shape index (κ1) is 22.1. The Morgan fingerprint density at radius 3 is 2.41 bits per heavy atom. The van der Waals surface area contributed by atoms with Crippen molar-refractivity contribution in [2.24, 2.45) is 4.99 Å². The quantitative estimate of drug-likeness (QED) is 0.325. The van der Waals surface area contributed by atoms with Crippen molar-refractivity contribution in [1.29, 1.82) is 0 Å². The summed E-state index contributed by atoms with van der Waals surface area (Å²) < 4.78 is 0. The highest BCUT2D eigenvalue weighted by Crippen LogP contribution is 2.24. The average molecular weight is 365 g/mol. The van der Waals surface area contributed by atoms with Gasteiger partial charge in [0, 0.05) is 31.9 Å². The second-order valence-corrected chi connectivity index (χ2v) is 6.17. The number of carbonyl (C=O) groups excluding carboxylic acids is 1. The van der Waals surface area contributed by atoms with Gasteiger partial charge in [-0.1, -0.05) is 62.6 Å². The molecule has 0 spiro atoms. The number of nitrogens with zero attached hydrogens (tertiary/aromatic N) is 1. The smallest absolute Gasteiger partial charge is 0.164 e. The molecule has 3 heteroatoms. The minimum absolute atomic E-state index is 0. The van der Waals surface area contributed by atoms with Crippen molar-refractivity contribution in [3.8, 4) is 0 Å². The Bertz CT molecular complexity index is 822. The van der Waals surface area contributed by atoms with Gasteiger partial charge in [-0.25, -0.2) is 0 Å². The number of aliphatic imine (C=N–C) groups is 1. The highest BCUT2D eigenvalue weighted by atomic mass is 16.1. The van der Waals surface area contributed by atoms with Crippen molar-refractivity contribution in [2.45, 2.75) is 34.1 Å². The number of carbonyl (C=O) groups is 1. The van der Waals surface area contributed by atoms with Gasteiger partial charge in [-0.3, -0.25) is 9.79 Å². The lowest BCUT2D eigenvalue weighted by Crippen LogP contribution is -2.13. The van der Waals surface area contributed by atoms with E-state index in [9.17, 15) is 4.79 Å². The van der Waals surface area contributed by atoms with E-state index in [1.54, 1.807) is 19.2 Å². The molecule has 0 atom stereocenters. The maximum absolute atomic E-state index is 12.6. The van der Waals surface area contributed by atoms with Crippen molar-refractivity contribution < 1.29 is 6.22 Å². The Labute approximate surface area is 165 Å². The van der Waals surface area contributed by atoms with Crippen LogP contribution in [0.5, 0.6) is 0 Å². The lowest BCUT2D eigenvalue weighted by atomic mass is 9.99. The fraction of sp³-hybridized carbons (Fsp3) is 0.250. The molecular weight excluding hydrogens is 332 g/mol. The first-order valence-electron chi connectivity index (χ1n) is 9.09. The molecular formula is C24H32N2O. The first-order chi connectivity index (χ1) is 12.9. The summed E-state index contributed by atoms with van der Waals surface area (Å²) in [5.74, 6) is 0.0123. The molecule has 0 saturated heterocycles. The summed E-state index contributed by atoms with van der Waals surface area (Å²) in [6, 6.07) is 6.07. The summed E-state index contributed by atoms with van der Waals surface area (Å²) in [6.45, 7) is 15.7. The molecule has 0 aliphatic carbocycles. The van der Waals surface area contributed by atoms with Crippen LogP contribution in [-0.2, 0) is 4.79 Å². The Morgan fingerprint density at radius 1 is 1.30 bits per heavy atom. The van der Waals surface area contributed by atoms with E-state index in [1.807, 2.05) is 64.1 Å². The van der Waals surface area contributed by atoms with E-state index in [-0.39, 0.29) is 7.21 Å². The Balaban J connectivity index is 0.00000729. The lowest BCUT2D eigenvalue weighted by molar-refractivity contribution is -0.115. The maximum Gasteiger partial charge on any atom is 0.164 e. The molecule has 0 bridgehead atoms. The topological polar surface area (TPSA) is 41.5 Å². The van der Waals surface area contributed by atoms with E-state index in [2.05, 4.69) is 23.5 Å². The zero-order chi connectivity index (χ0) is 20.4. The second-order valence-electron chi connectivity index (χ2n) is 6.17. The standard InChI is InChI=1S/C24H30N2O.H2/c1-8-12-20(13-9-2)22(25-7)16-21(23(27)10-3)19(6)26-24-17(4)14-11-15-18(24)5;/h8-9,11-16,26H,1,6,10H2,2-5,7H3;1H/b13-9-,20-12+,21-16-,25-22?;. The fourth-order valence-electron chi connectivity index (χ4n) is 2.70. The summed E-state index contributed by atoms with van der Waals surface area (Å²) >= 11 is 0. The van der Waals surface area contributed by atoms with Gasteiger partial charge in [-0.05, 0) is 43.5 Å². The second kappa shape index (κ2) is 10.9. The van der Waals surface area contributed by atoms with Crippen LogP contribution < -0.4 is 5.32 Å². The Morgan fingerprint density at radius 2 is 1.93 bits per heavy atom. The van der Waals surface area contributed by atoms with Crippen LogP contribution in [0.1, 0.15) is 32.8 Å². The highest BCUT2D eigenvalue weighted by molar-refractivity contribution is 6.15. The van der Waals surface area contributed by atoms with Crippen LogP contribution in [0.4, 0.5) is 5.69 Å². The van der Waals surface area contributed by atoms with Gasteiger partial charge in [0.1, 0.15) is 0 Å². The number of benzene rings is 1. The molecule has 0 aliphatic heterocycles. The van der Waals surface area contributed by atoms with Gasteiger partial charge in [0.05, 0.1) is 5.71 Å². The molecule has 0 heterocycles. The molecule has 3 nitrogen and oxygen atoms in total. The van der Waals surface area contributed by atoms with Gasteiger partial charge in [0.2, 0.25) is 0 Å². The van der Waals surface area contributed by atoms with Gasteiger partial charge < -0.3 is 5.32 Å². The van der Waals surface area contributed by atoms with Crippen LogP contribution in [0.25, 0.3) is 0 Å². The molecule has 0 amide bonds. The zero-order valence-electron chi connectivity index (χ0n) is 17.1. The number of para-hydroxylation sites is 1. The normalized spacial score (nSPS) is 13.0. The summed E-state index contributed by atoms with van der Waals surface area (Å²) in [4.78, 5) is 17.0. The van der Waals surface area contributed by atoms with E-state index < -0.39 is 0 Å². The van der Waals surface area contributed by atoms with Crippen LogP contribution in [0.15, 0.2) is 83.6 Å². The summed E-state index contributed by atoms with van der Waals surface area (Å²) in [7, 11) is 1.71. The molecule has 1 rings (SSSR count). The zero-order valence-corrected chi connectivity index (χ0v) is 17.1. The molecule has 0 fully saturated rings. The average Bonchev–Trinajstić information content (AvgIpc) is 2.65. The minimum Gasteiger partial charge on any atom is -0.355 e.